The molecule has 1 fully saturated rings. The summed E-state index contributed by atoms with van der Waals surface area (Å²) < 4.78 is 5.58. The minimum atomic E-state index is -0.182. The minimum Gasteiger partial charge on any atom is -0.431 e. The molecule has 0 saturated heterocycles. The smallest absolute Gasteiger partial charge is 0.257 e. The van der Waals surface area contributed by atoms with E-state index in [1.165, 1.54) is 11.8 Å². The molecule has 0 aliphatic heterocycles. The number of benzene rings is 1. The number of oxazole rings is 1. The zero-order valence-electron chi connectivity index (χ0n) is 10.1. The van der Waals surface area contributed by atoms with Gasteiger partial charge in [-0.25, -0.2) is 4.98 Å². The van der Waals surface area contributed by atoms with Crippen molar-refractivity contribution in [1.82, 2.24) is 10.3 Å². The molecule has 0 radical (unpaired) electrons. The van der Waals surface area contributed by atoms with E-state index in [1.807, 2.05) is 31.2 Å². The first kappa shape index (κ1) is 11.6. The maximum Gasteiger partial charge on any atom is 0.257 e. The van der Waals surface area contributed by atoms with E-state index in [1.54, 1.807) is 0 Å². The maximum absolute atomic E-state index is 11.8. The van der Waals surface area contributed by atoms with Crippen LogP contribution in [0.4, 0.5) is 0 Å². The molecule has 18 heavy (non-hydrogen) atoms. The molecule has 1 aliphatic rings. The molecule has 0 spiro atoms. The van der Waals surface area contributed by atoms with Gasteiger partial charge >= 0.3 is 0 Å². The number of amides is 1. The molecule has 1 aromatic heterocycles. The molecular weight excluding hydrogens is 248 g/mol. The molecule has 1 unspecified atom stereocenters. The predicted molar refractivity (Wildman–Crippen MR) is 70.5 cm³/mol. The van der Waals surface area contributed by atoms with E-state index in [2.05, 4.69) is 10.3 Å². The van der Waals surface area contributed by atoms with Crippen LogP contribution in [0.2, 0.25) is 0 Å². The fourth-order valence-electron chi connectivity index (χ4n) is 1.65. The van der Waals surface area contributed by atoms with Gasteiger partial charge in [-0.05, 0) is 31.9 Å². The molecule has 1 amide bonds. The third kappa shape index (κ3) is 2.51. The number of thioether (sulfide) groups is 1. The molecule has 2 aromatic rings. The van der Waals surface area contributed by atoms with Crippen LogP contribution in [0.25, 0.3) is 11.1 Å². The topological polar surface area (TPSA) is 55.1 Å². The largest absolute Gasteiger partial charge is 0.431 e. The van der Waals surface area contributed by atoms with Crippen LogP contribution in [-0.2, 0) is 4.79 Å². The Hall–Kier alpha value is -1.49. The second kappa shape index (κ2) is 4.65. The summed E-state index contributed by atoms with van der Waals surface area (Å²) in [5.41, 5.74) is 1.59. The summed E-state index contributed by atoms with van der Waals surface area (Å²) in [5.74, 6) is 0.0600. The summed E-state index contributed by atoms with van der Waals surface area (Å²) in [6.45, 7) is 1.87. The molecule has 0 bridgehead atoms. The van der Waals surface area contributed by atoms with Gasteiger partial charge in [-0.3, -0.25) is 4.79 Å². The average Bonchev–Trinajstić information content (AvgIpc) is 3.07. The summed E-state index contributed by atoms with van der Waals surface area (Å²) >= 11 is 1.36. The summed E-state index contributed by atoms with van der Waals surface area (Å²) in [6.07, 6.45) is 2.21. The number of fused-ring (bicyclic) bond motifs is 1. The quantitative estimate of drug-likeness (QED) is 0.860. The normalized spacial score (nSPS) is 16.7. The van der Waals surface area contributed by atoms with Gasteiger partial charge in [-0.1, -0.05) is 23.9 Å². The Morgan fingerprint density at radius 1 is 1.50 bits per heavy atom. The fourth-order valence-corrected chi connectivity index (χ4v) is 2.42. The second-order valence-electron chi connectivity index (χ2n) is 4.49. The third-order valence-corrected chi connectivity index (χ3v) is 3.79. The second-order valence-corrected chi connectivity index (χ2v) is 5.78. The van der Waals surface area contributed by atoms with Gasteiger partial charge in [0.2, 0.25) is 5.91 Å². The maximum atomic E-state index is 11.8. The Bertz CT molecular complexity index is 544. The Kier molecular flexibility index (Phi) is 2.99. The number of nitrogens with zero attached hydrogens (tertiary/aromatic N) is 1. The summed E-state index contributed by atoms with van der Waals surface area (Å²) in [5, 5.41) is 3.35. The van der Waals surface area contributed by atoms with Crippen LogP contribution < -0.4 is 5.32 Å². The summed E-state index contributed by atoms with van der Waals surface area (Å²) in [4.78, 5) is 16.2. The van der Waals surface area contributed by atoms with Gasteiger partial charge in [0.05, 0.1) is 5.25 Å². The SMILES string of the molecule is CC(Sc1nc2ccccc2o1)C(=O)NC1CC1. The summed E-state index contributed by atoms with van der Waals surface area (Å²) in [6, 6.07) is 8.00. The third-order valence-electron chi connectivity index (χ3n) is 2.84. The van der Waals surface area contributed by atoms with E-state index in [4.69, 9.17) is 4.42 Å². The van der Waals surface area contributed by atoms with Crippen molar-refractivity contribution in [1.29, 1.82) is 0 Å². The Labute approximate surface area is 109 Å². The van der Waals surface area contributed by atoms with Crippen LogP contribution in [0.3, 0.4) is 0 Å². The van der Waals surface area contributed by atoms with Crippen molar-refractivity contribution in [3.63, 3.8) is 0 Å². The van der Waals surface area contributed by atoms with Crippen LogP contribution in [0.15, 0.2) is 33.9 Å². The van der Waals surface area contributed by atoms with Gasteiger partial charge in [0.1, 0.15) is 5.52 Å². The summed E-state index contributed by atoms with van der Waals surface area (Å²) in [7, 11) is 0. The van der Waals surface area contributed by atoms with Crippen molar-refractivity contribution in [2.75, 3.05) is 0 Å². The number of para-hydroxylation sites is 2. The van der Waals surface area contributed by atoms with Crippen molar-refractivity contribution in [3.8, 4) is 0 Å². The van der Waals surface area contributed by atoms with Crippen molar-refractivity contribution in [2.45, 2.75) is 36.3 Å². The first-order valence-corrected chi connectivity index (χ1v) is 6.93. The van der Waals surface area contributed by atoms with Gasteiger partial charge in [0.25, 0.3) is 5.22 Å². The first-order chi connectivity index (χ1) is 8.72. The van der Waals surface area contributed by atoms with Crippen LogP contribution in [-0.4, -0.2) is 22.2 Å². The van der Waals surface area contributed by atoms with Crippen molar-refractivity contribution < 1.29 is 9.21 Å². The molecule has 1 aliphatic carbocycles. The molecule has 3 rings (SSSR count). The number of carbonyl (C=O) groups excluding carboxylic acids is 1. The lowest BCUT2D eigenvalue weighted by atomic mass is 10.3. The van der Waals surface area contributed by atoms with Crippen molar-refractivity contribution in [3.05, 3.63) is 24.3 Å². The van der Waals surface area contributed by atoms with Crippen LogP contribution in [0.5, 0.6) is 0 Å². The van der Waals surface area contributed by atoms with E-state index >= 15 is 0 Å². The highest BCUT2D eigenvalue weighted by Crippen LogP contribution is 2.27. The molecule has 94 valence electrons. The molecule has 1 atom stereocenters. The van der Waals surface area contributed by atoms with Gasteiger partial charge in [0.15, 0.2) is 5.58 Å². The number of hydrogen-bond acceptors (Lipinski definition) is 4. The fraction of sp³-hybridized carbons (Fsp3) is 0.385. The molecule has 1 N–H and O–H groups in total. The van der Waals surface area contributed by atoms with Crippen LogP contribution in [0, 0.1) is 0 Å². The first-order valence-electron chi connectivity index (χ1n) is 6.05. The highest BCUT2D eigenvalue weighted by atomic mass is 32.2. The van der Waals surface area contributed by atoms with E-state index in [0.29, 0.717) is 11.3 Å². The lowest BCUT2D eigenvalue weighted by Crippen LogP contribution is -2.32. The van der Waals surface area contributed by atoms with Crippen LogP contribution in [0.1, 0.15) is 19.8 Å². The molecular formula is C13H14N2O2S. The lowest BCUT2D eigenvalue weighted by Gasteiger charge is -2.08. The number of hydrogen-bond donors (Lipinski definition) is 1. The Morgan fingerprint density at radius 2 is 2.28 bits per heavy atom. The van der Waals surface area contributed by atoms with Crippen molar-refractivity contribution >= 4 is 28.8 Å². The average molecular weight is 262 g/mol. The monoisotopic (exact) mass is 262 g/mol. The van der Waals surface area contributed by atoms with E-state index in [9.17, 15) is 4.79 Å². The highest BCUT2D eigenvalue weighted by molar-refractivity contribution is 8.00. The highest BCUT2D eigenvalue weighted by Gasteiger charge is 2.26. The van der Waals surface area contributed by atoms with E-state index in [0.717, 1.165) is 23.9 Å². The Morgan fingerprint density at radius 3 is 3.00 bits per heavy atom. The number of carbonyl (C=O) groups is 1. The number of nitrogens with one attached hydrogen (secondary N) is 1. The lowest BCUT2D eigenvalue weighted by molar-refractivity contribution is -0.120. The Balaban J connectivity index is 1.68. The van der Waals surface area contributed by atoms with Gasteiger partial charge in [-0.2, -0.15) is 0 Å². The molecule has 1 heterocycles. The van der Waals surface area contributed by atoms with E-state index in [-0.39, 0.29) is 11.2 Å². The zero-order chi connectivity index (χ0) is 12.5. The number of rotatable bonds is 4. The van der Waals surface area contributed by atoms with Gasteiger partial charge < -0.3 is 9.73 Å². The predicted octanol–water partition coefficient (Wildman–Crippen LogP) is 2.59. The zero-order valence-corrected chi connectivity index (χ0v) is 10.9. The standard InChI is InChI=1S/C13H14N2O2S/c1-8(12(16)14-9-6-7-9)18-13-15-10-4-2-3-5-11(10)17-13/h2-5,8-9H,6-7H2,1H3,(H,14,16). The molecule has 1 aromatic carbocycles. The van der Waals surface area contributed by atoms with Crippen LogP contribution >= 0.6 is 11.8 Å². The van der Waals surface area contributed by atoms with Gasteiger partial charge in [0, 0.05) is 6.04 Å². The van der Waals surface area contributed by atoms with Crippen molar-refractivity contribution in [2.24, 2.45) is 0 Å². The number of aromatic nitrogens is 1. The van der Waals surface area contributed by atoms with E-state index < -0.39 is 0 Å². The molecule has 5 heteroatoms. The van der Waals surface area contributed by atoms with Gasteiger partial charge in [-0.15, -0.1) is 0 Å². The minimum absolute atomic E-state index is 0.0600. The molecule has 4 nitrogen and oxygen atoms in total. The molecule has 1 saturated carbocycles.